The van der Waals surface area contributed by atoms with E-state index in [-0.39, 0.29) is 0 Å². The van der Waals surface area contributed by atoms with Gasteiger partial charge in [0.15, 0.2) is 0 Å². The molecule has 0 aliphatic carbocycles. The van der Waals surface area contributed by atoms with Crippen LogP contribution in [0.2, 0.25) is 0 Å². The predicted octanol–water partition coefficient (Wildman–Crippen LogP) is -0.432. The van der Waals surface area contributed by atoms with Gasteiger partial charge in [0, 0.05) is 0 Å². The minimum Gasteiger partial charge on any atom is -0.508 e. The molecule has 0 fully saturated rings. The second-order valence-electron chi connectivity index (χ2n) is 0.209. The Morgan fingerprint density at radius 1 is 2.00 bits per heavy atom. The second-order valence-corrected chi connectivity index (χ2v) is 0.209. The van der Waals surface area contributed by atoms with Crippen molar-refractivity contribution in [2.24, 2.45) is 0 Å². The lowest BCUT2D eigenvalue weighted by Gasteiger charge is -1.61. The van der Waals surface area contributed by atoms with Gasteiger partial charge in [0.1, 0.15) is 0 Å². The highest BCUT2D eigenvalue weighted by Gasteiger charge is 1.46. The van der Waals surface area contributed by atoms with E-state index in [0.717, 1.165) is 0 Å². The third-order valence-electron chi connectivity index (χ3n) is 0.0527. The smallest absolute Gasteiger partial charge is 0.395 e. The van der Waals surface area contributed by atoms with Crippen molar-refractivity contribution in [2.75, 3.05) is 0 Å². The normalized spacial score (nSPS) is 3.75. The summed E-state index contributed by atoms with van der Waals surface area (Å²) in [6, 6.07) is 0. The Morgan fingerprint density at radius 2 is 2.25 bits per heavy atom. The summed E-state index contributed by atoms with van der Waals surface area (Å²) in [5.74, 6) is 0. The Morgan fingerprint density at radius 3 is 2.25 bits per heavy atom. The summed E-state index contributed by atoms with van der Waals surface area (Å²) in [5, 5.41) is 7.28. The zero-order valence-corrected chi connectivity index (χ0v) is 1.93. The molecule has 0 aliphatic heterocycles. The van der Waals surface area contributed by atoms with Crippen molar-refractivity contribution >= 4 is 8.05 Å². The van der Waals surface area contributed by atoms with Crippen molar-refractivity contribution in [1.29, 1.82) is 5.26 Å². The average Bonchev–Trinajstić information content (AvgIpc) is 1.37. The maximum absolute atomic E-state index is 7.28. The van der Waals surface area contributed by atoms with E-state index in [9.17, 15) is 0 Å². The molecule has 0 atom stereocenters. The van der Waals surface area contributed by atoms with Crippen molar-refractivity contribution < 1.29 is 4.65 Å². The molecular formula is CBNO. The summed E-state index contributed by atoms with van der Waals surface area (Å²) >= 11 is 0. The lowest BCUT2D eigenvalue weighted by Crippen LogP contribution is -1.60. The molecule has 0 unspecified atom stereocenters. The molecule has 0 saturated carbocycles. The molecule has 0 rings (SSSR count). The van der Waals surface area contributed by atoms with Crippen molar-refractivity contribution in [3.63, 3.8) is 0 Å². The van der Waals surface area contributed by atoms with Crippen LogP contribution >= 0.6 is 0 Å². The first kappa shape index (κ1) is 3.35. The van der Waals surface area contributed by atoms with E-state index < -0.39 is 0 Å². The summed E-state index contributed by atoms with van der Waals surface area (Å²) < 4.78 is 3.35. The molecule has 0 aliphatic rings. The topological polar surface area (TPSA) is 33.0 Å². The van der Waals surface area contributed by atoms with E-state index in [1.54, 1.807) is 0 Å². The van der Waals surface area contributed by atoms with E-state index in [1.165, 1.54) is 6.26 Å². The molecule has 0 N–H and O–H groups in total. The highest BCUT2D eigenvalue weighted by molar-refractivity contribution is 5.98. The maximum Gasteiger partial charge on any atom is 0.395 e. The highest BCUT2D eigenvalue weighted by atomic mass is 16.4. The van der Waals surface area contributed by atoms with Gasteiger partial charge in [0.05, 0.1) is 0 Å². The van der Waals surface area contributed by atoms with Crippen LogP contribution in [-0.4, -0.2) is 8.05 Å². The van der Waals surface area contributed by atoms with Gasteiger partial charge in [-0.3, -0.25) is 0 Å². The van der Waals surface area contributed by atoms with Crippen LogP contribution in [0.4, 0.5) is 0 Å². The average molecular weight is 52.8 g/mol. The number of nitriles is 1. The maximum atomic E-state index is 7.28. The number of nitrogens with zero attached hydrogens (tertiary/aromatic N) is 1. The Labute approximate surface area is 25.4 Å². The molecular weight excluding hydrogens is 52.8 g/mol. The quantitative estimate of drug-likeness (QED) is 0.277. The zero-order valence-electron chi connectivity index (χ0n) is 1.93. The van der Waals surface area contributed by atoms with Gasteiger partial charge in [-0.2, -0.15) is 5.26 Å². The number of hydrogen-bond acceptors (Lipinski definition) is 2. The second kappa shape index (κ2) is 2.35. The van der Waals surface area contributed by atoms with Crippen LogP contribution in [0.5, 0.6) is 0 Å². The predicted molar refractivity (Wildman–Crippen MR) is 12.5 cm³/mol. The molecule has 0 heterocycles. The lowest BCUT2D eigenvalue weighted by molar-refractivity contribution is 0.564. The molecule has 0 aromatic carbocycles. The van der Waals surface area contributed by atoms with Gasteiger partial charge in [0.2, 0.25) is 0 Å². The number of rotatable bonds is 0. The van der Waals surface area contributed by atoms with E-state index in [1.807, 2.05) is 0 Å². The monoisotopic (exact) mass is 53.0 g/mol. The van der Waals surface area contributed by atoms with Crippen LogP contribution in [0, 0.1) is 11.5 Å². The van der Waals surface area contributed by atoms with Crippen LogP contribution in [0.1, 0.15) is 0 Å². The fraction of sp³-hybridized carbons (Fsp3) is 0. The minimum atomic E-state index is 1.21. The Hall–Kier alpha value is -0.645. The van der Waals surface area contributed by atoms with Gasteiger partial charge < -0.3 is 4.65 Å². The van der Waals surface area contributed by atoms with Gasteiger partial charge in [0.25, 0.3) is 6.26 Å². The van der Waals surface area contributed by atoms with E-state index in [4.69, 9.17) is 5.26 Å². The largest absolute Gasteiger partial charge is 0.508 e. The first-order valence-corrected chi connectivity index (χ1v) is 0.663. The molecule has 0 aromatic rings. The van der Waals surface area contributed by atoms with E-state index >= 15 is 0 Å². The van der Waals surface area contributed by atoms with Crippen LogP contribution in [-0.2, 0) is 4.65 Å². The highest BCUT2D eigenvalue weighted by Crippen LogP contribution is 1.38. The van der Waals surface area contributed by atoms with Crippen LogP contribution < -0.4 is 0 Å². The van der Waals surface area contributed by atoms with Gasteiger partial charge in [-0.1, -0.05) is 0 Å². The lowest BCUT2D eigenvalue weighted by atomic mass is 10.6. The summed E-state index contributed by atoms with van der Waals surface area (Å²) in [7, 11) is 4.17. The van der Waals surface area contributed by atoms with Crippen LogP contribution in [0.25, 0.3) is 0 Å². The zero-order chi connectivity index (χ0) is 3.41. The Kier molecular flexibility index (Phi) is 1.98. The number of hydrogen-bond donors (Lipinski definition) is 0. The third-order valence-corrected chi connectivity index (χ3v) is 0.0527. The molecule has 2 radical (unpaired) electrons. The molecule has 3 heteroatoms. The molecule has 0 spiro atoms. The minimum absolute atomic E-state index is 1.21. The van der Waals surface area contributed by atoms with E-state index in [2.05, 4.69) is 12.7 Å². The van der Waals surface area contributed by atoms with Crippen LogP contribution in [0.3, 0.4) is 0 Å². The van der Waals surface area contributed by atoms with Gasteiger partial charge in [-0.15, -0.1) is 0 Å². The first-order valence-electron chi connectivity index (χ1n) is 0.663. The summed E-state index contributed by atoms with van der Waals surface area (Å²) in [6.07, 6.45) is 1.21. The van der Waals surface area contributed by atoms with Crippen molar-refractivity contribution in [1.82, 2.24) is 0 Å². The van der Waals surface area contributed by atoms with Crippen LogP contribution in [0.15, 0.2) is 0 Å². The molecule has 0 saturated heterocycles. The SMILES string of the molecule is [B]OC#N. The molecule has 2 nitrogen and oxygen atoms in total. The van der Waals surface area contributed by atoms with Crippen molar-refractivity contribution in [2.45, 2.75) is 0 Å². The Balaban J connectivity index is 2.43. The molecule has 0 amide bonds. The van der Waals surface area contributed by atoms with E-state index in [0.29, 0.717) is 0 Å². The van der Waals surface area contributed by atoms with Gasteiger partial charge in [-0.05, 0) is 0 Å². The molecule has 0 bridgehead atoms. The van der Waals surface area contributed by atoms with Gasteiger partial charge >= 0.3 is 8.05 Å². The fourth-order valence-corrected chi connectivity index (χ4v) is 0. The van der Waals surface area contributed by atoms with Gasteiger partial charge in [-0.25, -0.2) is 0 Å². The molecule has 0 aromatic heterocycles. The fourth-order valence-electron chi connectivity index (χ4n) is 0. The summed E-state index contributed by atoms with van der Waals surface area (Å²) in [5.41, 5.74) is 0. The Bertz CT molecular complexity index is 37.8. The molecule has 18 valence electrons. The first-order chi connectivity index (χ1) is 1.91. The standard InChI is InChI=1S/CBNO/c2-4-1-3. The summed E-state index contributed by atoms with van der Waals surface area (Å²) in [4.78, 5) is 0. The summed E-state index contributed by atoms with van der Waals surface area (Å²) in [6.45, 7) is 0. The van der Waals surface area contributed by atoms with Crippen molar-refractivity contribution in [3.05, 3.63) is 0 Å². The third kappa shape index (κ3) is 1.35. The molecule has 4 heavy (non-hydrogen) atoms. The van der Waals surface area contributed by atoms with Crippen molar-refractivity contribution in [3.8, 4) is 6.26 Å².